The molecule has 1 aromatic rings. The van der Waals surface area contributed by atoms with Gasteiger partial charge in [0.05, 0.1) is 11.3 Å². The lowest BCUT2D eigenvalue weighted by Gasteiger charge is -2.38. The van der Waals surface area contributed by atoms with Crippen molar-refractivity contribution in [3.63, 3.8) is 0 Å². The van der Waals surface area contributed by atoms with Crippen molar-refractivity contribution in [2.45, 2.75) is 38.6 Å². The molecule has 1 heterocycles. The fourth-order valence-electron chi connectivity index (χ4n) is 2.78. The normalized spacial score (nSPS) is 19.6. The first-order valence-corrected chi connectivity index (χ1v) is 6.73. The molecule has 1 fully saturated rings. The standard InChI is InChI=1S/C15H21N3/c1-12-5-6-13(11-17)15(10-12)18-9-3-2-4-14(18)7-8-16/h5-6,10,14H,2-4,7-9,16H2,1H3. The summed E-state index contributed by atoms with van der Waals surface area (Å²) in [6.45, 7) is 3.84. The highest BCUT2D eigenvalue weighted by molar-refractivity contribution is 5.61. The Kier molecular flexibility index (Phi) is 4.22. The number of hydrogen-bond acceptors (Lipinski definition) is 3. The van der Waals surface area contributed by atoms with Gasteiger partial charge in [0, 0.05) is 12.6 Å². The molecule has 0 aliphatic carbocycles. The maximum absolute atomic E-state index is 9.25. The van der Waals surface area contributed by atoms with Crippen LogP contribution < -0.4 is 10.6 Å². The molecule has 1 atom stereocenters. The second-order valence-corrected chi connectivity index (χ2v) is 5.05. The molecular formula is C15H21N3. The van der Waals surface area contributed by atoms with Crippen molar-refractivity contribution in [1.82, 2.24) is 0 Å². The van der Waals surface area contributed by atoms with Gasteiger partial charge in [-0.05, 0) is 56.8 Å². The van der Waals surface area contributed by atoms with Crippen LogP contribution in [-0.4, -0.2) is 19.1 Å². The first-order chi connectivity index (χ1) is 8.76. The van der Waals surface area contributed by atoms with Crippen LogP contribution in [0.15, 0.2) is 18.2 Å². The number of nitrogens with two attached hydrogens (primary N) is 1. The molecule has 2 rings (SSSR count). The van der Waals surface area contributed by atoms with Gasteiger partial charge in [-0.3, -0.25) is 0 Å². The predicted octanol–water partition coefficient (Wildman–Crippen LogP) is 2.57. The summed E-state index contributed by atoms with van der Waals surface area (Å²) in [6.07, 6.45) is 4.68. The van der Waals surface area contributed by atoms with Crippen LogP contribution in [0.2, 0.25) is 0 Å². The van der Waals surface area contributed by atoms with E-state index in [0.717, 1.165) is 30.8 Å². The van der Waals surface area contributed by atoms with Crippen molar-refractivity contribution in [2.75, 3.05) is 18.0 Å². The summed E-state index contributed by atoms with van der Waals surface area (Å²) in [5.41, 5.74) is 8.79. The SMILES string of the molecule is Cc1ccc(C#N)c(N2CCCCC2CCN)c1. The number of benzene rings is 1. The Morgan fingerprint density at radius 3 is 3.00 bits per heavy atom. The topological polar surface area (TPSA) is 53.0 Å². The highest BCUT2D eigenvalue weighted by Gasteiger charge is 2.23. The Hall–Kier alpha value is -1.53. The minimum atomic E-state index is 0.498. The van der Waals surface area contributed by atoms with Gasteiger partial charge in [0.1, 0.15) is 6.07 Å². The quantitative estimate of drug-likeness (QED) is 0.887. The number of piperidine rings is 1. The first-order valence-electron chi connectivity index (χ1n) is 6.73. The van der Waals surface area contributed by atoms with Gasteiger partial charge in [0.2, 0.25) is 0 Å². The first kappa shape index (κ1) is 12.9. The van der Waals surface area contributed by atoms with E-state index >= 15 is 0 Å². The fraction of sp³-hybridized carbons (Fsp3) is 0.533. The number of aryl methyl sites for hydroxylation is 1. The summed E-state index contributed by atoms with van der Waals surface area (Å²) in [5.74, 6) is 0. The summed E-state index contributed by atoms with van der Waals surface area (Å²) in [7, 11) is 0. The molecule has 1 saturated heterocycles. The molecule has 0 spiro atoms. The zero-order valence-corrected chi connectivity index (χ0v) is 11.0. The van der Waals surface area contributed by atoms with Crippen LogP contribution in [0.5, 0.6) is 0 Å². The van der Waals surface area contributed by atoms with E-state index in [4.69, 9.17) is 5.73 Å². The minimum absolute atomic E-state index is 0.498. The highest BCUT2D eigenvalue weighted by atomic mass is 15.2. The Labute approximate surface area is 109 Å². The van der Waals surface area contributed by atoms with Crippen LogP contribution in [0, 0.1) is 18.3 Å². The van der Waals surface area contributed by atoms with Crippen LogP contribution >= 0.6 is 0 Å². The predicted molar refractivity (Wildman–Crippen MR) is 74.6 cm³/mol. The van der Waals surface area contributed by atoms with E-state index < -0.39 is 0 Å². The molecule has 1 aliphatic rings. The van der Waals surface area contributed by atoms with E-state index in [1.165, 1.54) is 24.8 Å². The third kappa shape index (κ3) is 2.65. The molecule has 3 nitrogen and oxygen atoms in total. The number of anilines is 1. The van der Waals surface area contributed by atoms with Gasteiger partial charge in [-0.25, -0.2) is 0 Å². The molecule has 0 aromatic heterocycles. The molecule has 96 valence electrons. The van der Waals surface area contributed by atoms with Crippen LogP contribution in [0.4, 0.5) is 5.69 Å². The van der Waals surface area contributed by atoms with Crippen molar-refractivity contribution >= 4 is 5.69 Å². The molecule has 18 heavy (non-hydrogen) atoms. The summed E-state index contributed by atoms with van der Waals surface area (Å²) >= 11 is 0. The number of nitriles is 1. The van der Waals surface area contributed by atoms with E-state index in [9.17, 15) is 5.26 Å². The van der Waals surface area contributed by atoms with Crippen molar-refractivity contribution in [1.29, 1.82) is 5.26 Å². The molecule has 1 unspecified atom stereocenters. The summed E-state index contributed by atoms with van der Waals surface area (Å²) < 4.78 is 0. The van der Waals surface area contributed by atoms with Gasteiger partial charge in [-0.2, -0.15) is 5.26 Å². The molecular weight excluding hydrogens is 222 g/mol. The van der Waals surface area contributed by atoms with Crippen LogP contribution in [-0.2, 0) is 0 Å². The van der Waals surface area contributed by atoms with Gasteiger partial charge in [0.15, 0.2) is 0 Å². The summed E-state index contributed by atoms with van der Waals surface area (Å²) in [6, 6.07) is 8.87. The lowest BCUT2D eigenvalue weighted by atomic mass is 9.97. The third-order valence-corrected chi connectivity index (χ3v) is 3.71. The minimum Gasteiger partial charge on any atom is -0.367 e. The second kappa shape index (κ2) is 5.88. The Morgan fingerprint density at radius 2 is 2.28 bits per heavy atom. The Morgan fingerprint density at radius 1 is 1.44 bits per heavy atom. The average Bonchev–Trinajstić information content (AvgIpc) is 2.40. The number of nitrogens with zero attached hydrogens (tertiary/aromatic N) is 2. The van der Waals surface area contributed by atoms with E-state index in [1.54, 1.807) is 0 Å². The van der Waals surface area contributed by atoms with Gasteiger partial charge < -0.3 is 10.6 Å². The summed E-state index contributed by atoms with van der Waals surface area (Å²) in [4.78, 5) is 2.39. The highest BCUT2D eigenvalue weighted by Crippen LogP contribution is 2.29. The van der Waals surface area contributed by atoms with Crippen LogP contribution in [0.25, 0.3) is 0 Å². The van der Waals surface area contributed by atoms with Crippen molar-refractivity contribution in [3.05, 3.63) is 29.3 Å². The van der Waals surface area contributed by atoms with Crippen LogP contribution in [0.3, 0.4) is 0 Å². The van der Waals surface area contributed by atoms with Gasteiger partial charge in [0.25, 0.3) is 0 Å². The number of rotatable bonds is 3. The maximum atomic E-state index is 9.25. The molecule has 0 radical (unpaired) electrons. The molecule has 0 saturated carbocycles. The van der Waals surface area contributed by atoms with E-state index in [-0.39, 0.29) is 0 Å². The average molecular weight is 243 g/mol. The Balaban J connectivity index is 2.33. The Bertz CT molecular complexity index is 446. The van der Waals surface area contributed by atoms with Crippen LogP contribution in [0.1, 0.15) is 36.8 Å². The molecule has 1 aromatic carbocycles. The largest absolute Gasteiger partial charge is 0.367 e. The second-order valence-electron chi connectivity index (χ2n) is 5.05. The lowest BCUT2D eigenvalue weighted by Crippen LogP contribution is -2.41. The lowest BCUT2D eigenvalue weighted by molar-refractivity contribution is 0.441. The van der Waals surface area contributed by atoms with E-state index in [2.05, 4.69) is 24.0 Å². The fourth-order valence-corrected chi connectivity index (χ4v) is 2.78. The van der Waals surface area contributed by atoms with Gasteiger partial charge >= 0.3 is 0 Å². The number of hydrogen-bond donors (Lipinski definition) is 1. The zero-order valence-electron chi connectivity index (χ0n) is 11.0. The van der Waals surface area contributed by atoms with Crippen molar-refractivity contribution in [3.8, 4) is 6.07 Å². The van der Waals surface area contributed by atoms with Gasteiger partial charge in [-0.15, -0.1) is 0 Å². The maximum Gasteiger partial charge on any atom is 0.101 e. The molecule has 1 aliphatic heterocycles. The molecule has 3 heteroatoms. The van der Waals surface area contributed by atoms with Gasteiger partial charge in [-0.1, -0.05) is 6.07 Å². The van der Waals surface area contributed by atoms with Crippen molar-refractivity contribution in [2.24, 2.45) is 5.73 Å². The monoisotopic (exact) mass is 243 g/mol. The molecule has 0 bridgehead atoms. The van der Waals surface area contributed by atoms with E-state index in [1.807, 2.05) is 12.1 Å². The smallest absolute Gasteiger partial charge is 0.101 e. The third-order valence-electron chi connectivity index (χ3n) is 3.71. The summed E-state index contributed by atoms with van der Waals surface area (Å²) in [5, 5.41) is 9.25. The molecule has 0 amide bonds. The van der Waals surface area contributed by atoms with E-state index in [0.29, 0.717) is 6.04 Å². The van der Waals surface area contributed by atoms with Crippen molar-refractivity contribution < 1.29 is 0 Å². The zero-order chi connectivity index (χ0) is 13.0. The molecule has 2 N–H and O–H groups in total.